The Morgan fingerprint density at radius 2 is 1.78 bits per heavy atom. The molecule has 6 nitrogen and oxygen atoms in total. The third-order valence-electron chi connectivity index (χ3n) is 5.35. The molecule has 3 aliphatic rings. The van der Waals surface area contributed by atoms with E-state index in [0.29, 0.717) is 11.4 Å². The van der Waals surface area contributed by atoms with Gasteiger partial charge in [-0.3, -0.25) is 4.79 Å². The van der Waals surface area contributed by atoms with Crippen LogP contribution in [-0.2, 0) is 0 Å². The molecule has 6 heteroatoms. The third-order valence-corrected chi connectivity index (χ3v) is 5.35. The van der Waals surface area contributed by atoms with E-state index >= 15 is 0 Å². The lowest BCUT2D eigenvalue weighted by molar-refractivity contribution is 0.313. The number of hydrogen-bond acceptors (Lipinski definition) is 4. The van der Waals surface area contributed by atoms with Gasteiger partial charge in [-0.25, -0.2) is 4.98 Å². The third kappa shape index (κ3) is 2.78. The van der Waals surface area contributed by atoms with E-state index in [4.69, 9.17) is 0 Å². The number of nitrogens with zero attached hydrogens (tertiary/aromatic N) is 3. The lowest BCUT2D eigenvalue weighted by Crippen LogP contribution is -2.44. The maximum Gasteiger partial charge on any atom is 0.260 e. The summed E-state index contributed by atoms with van der Waals surface area (Å²) < 4.78 is 0. The second-order valence-electron chi connectivity index (χ2n) is 7.14. The number of likely N-dealkylation sites (N-methyl/N-ethyl adjacent to an activating group) is 1. The molecule has 5 rings (SSSR count). The Hall–Kier alpha value is -3.12. The molecule has 2 N–H and O–H groups in total. The van der Waals surface area contributed by atoms with Crippen LogP contribution in [0.3, 0.4) is 0 Å². The van der Waals surface area contributed by atoms with E-state index in [1.54, 1.807) is 0 Å². The summed E-state index contributed by atoms with van der Waals surface area (Å²) in [5.41, 5.74) is 5.20. The highest BCUT2D eigenvalue weighted by Crippen LogP contribution is 2.30. The van der Waals surface area contributed by atoms with Crippen LogP contribution < -0.4 is 10.5 Å². The topological polar surface area (TPSA) is 68.0 Å². The highest BCUT2D eigenvalue weighted by molar-refractivity contribution is 5.87. The lowest BCUT2D eigenvalue weighted by atomic mass is 10.1. The number of H-pyrrole nitrogens is 2. The van der Waals surface area contributed by atoms with Crippen LogP contribution in [0, 0.1) is 0 Å². The number of hydrogen-bond donors (Lipinski definition) is 2. The van der Waals surface area contributed by atoms with Crippen LogP contribution in [0.2, 0.25) is 0 Å². The summed E-state index contributed by atoms with van der Waals surface area (Å²) in [6.45, 7) is 4.18. The first-order valence-corrected chi connectivity index (χ1v) is 9.24. The highest BCUT2D eigenvalue weighted by Gasteiger charge is 2.19. The number of rotatable bonds is 2. The molecular formula is C21H21N5O. The zero-order chi connectivity index (χ0) is 18.4. The second kappa shape index (κ2) is 6.25. The quantitative estimate of drug-likeness (QED) is 0.577. The molecule has 1 aliphatic carbocycles. The largest absolute Gasteiger partial charge is 0.369 e. The maximum atomic E-state index is 12.5. The van der Waals surface area contributed by atoms with Crippen LogP contribution in [0.1, 0.15) is 0 Å². The average Bonchev–Trinajstić information content (AvgIpc) is 3.13. The summed E-state index contributed by atoms with van der Waals surface area (Å²) in [4.78, 5) is 28.2. The summed E-state index contributed by atoms with van der Waals surface area (Å²) in [6, 6.07) is 15.9. The Kier molecular flexibility index (Phi) is 3.72. The summed E-state index contributed by atoms with van der Waals surface area (Å²) in [5.74, 6) is 0.614. The number of imidazole rings is 1. The van der Waals surface area contributed by atoms with Crippen LogP contribution in [-0.4, -0.2) is 53.1 Å². The molecule has 3 heterocycles. The number of aromatic amines is 2. The molecule has 0 radical (unpaired) electrons. The van der Waals surface area contributed by atoms with Crippen molar-refractivity contribution in [2.75, 3.05) is 38.1 Å². The van der Waals surface area contributed by atoms with Crippen LogP contribution in [0.4, 0.5) is 5.69 Å². The van der Waals surface area contributed by atoms with Gasteiger partial charge in [-0.05, 0) is 31.3 Å². The zero-order valence-corrected chi connectivity index (χ0v) is 15.2. The smallest absolute Gasteiger partial charge is 0.260 e. The molecule has 0 atom stereocenters. The number of nitrogens with one attached hydrogen (secondary N) is 2. The van der Waals surface area contributed by atoms with E-state index < -0.39 is 0 Å². The van der Waals surface area contributed by atoms with Gasteiger partial charge >= 0.3 is 0 Å². The first-order valence-electron chi connectivity index (χ1n) is 9.24. The molecule has 0 unspecified atom stereocenters. The normalized spacial score (nSPS) is 15.7. The summed E-state index contributed by atoms with van der Waals surface area (Å²) in [7, 11) is 2.16. The second-order valence-corrected chi connectivity index (χ2v) is 7.14. The standard InChI is InChI=1S/C21H21N5O/c1-25-9-11-26(12-10-25)14-7-8-17-18(13-14)23-20(22-17)19-15-5-3-2-4-6-16(15)24-21(19)27/h2-8,13H,9-12H2,1H3,(H,22,23)(H,24,27). The molecular weight excluding hydrogens is 338 g/mol. The number of fused-ring (bicyclic) bond motifs is 2. The number of benzene rings is 1. The minimum Gasteiger partial charge on any atom is -0.369 e. The van der Waals surface area contributed by atoms with Crippen molar-refractivity contribution >= 4 is 16.7 Å². The highest BCUT2D eigenvalue weighted by atomic mass is 16.1. The van der Waals surface area contributed by atoms with E-state index in [9.17, 15) is 4.79 Å². The van der Waals surface area contributed by atoms with E-state index in [-0.39, 0.29) is 5.56 Å². The molecule has 0 amide bonds. The molecule has 2 aliphatic heterocycles. The SMILES string of the molecule is CN1CCN(c2ccc3nc(-c4c5cccccc-5[nH]c4=O)[nH]c3c2)CC1. The van der Waals surface area contributed by atoms with E-state index in [2.05, 4.69) is 43.9 Å². The monoisotopic (exact) mass is 359 g/mol. The van der Waals surface area contributed by atoms with Crippen LogP contribution in [0.5, 0.6) is 0 Å². The van der Waals surface area contributed by atoms with Gasteiger partial charge in [-0.1, -0.05) is 24.3 Å². The van der Waals surface area contributed by atoms with Crippen molar-refractivity contribution in [3.63, 3.8) is 0 Å². The predicted molar refractivity (Wildman–Crippen MR) is 108 cm³/mol. The first kappa shape index (κ1) is 16.1. The number of piperazine rings is 1. The molecule has 1 saturated heterocycles. The van der Waals surface area contributed by atoms with Gasteiger partial charge in [-0.15, -0.1) is 0 Å². The van der Waals surface area contributed by atoms with Gasteiger partial charge in [0.2, 0.25) is 0 Å². The van der Waals surface area contributed by atoms with Gasteiger partial charge in [0.25, 0.3) is 5.56 Å². The number of aromatic nitrogens is 3. The Labute approximate surface area is 156 Å². The van der Waals surface area contributed by atoms with Gasteiger partial charge in [0.05, 0.1) is 16.6 Å². The summed E-state index contributed by atoms with van der Waals surface area (Å²) >= 11 is 0. The molecule has 1 aromatic heterocycles. The molecule has 0 saturated carbocycles. The fraction of sp³-hybridized carbons (Fsp3) is 0.238. The Bertz CT molecular complexity index is 1140. The van der Waals surface area contributed by atoms with E-state index in [0.717, 1.165) is 48.5 Å². The van der Waals surface area contributed by atoms with Gasteiger partial charge in [0, 0.05) is 43.1 Å². The molecule has 1 fully saturated rings. The van der Waals surface area contributed by atoms with Gasteiger partial charge in [-0.2, -0.15) is 0 Å². The van der Waals surface area contributed by atoms with Gasteiger partial charge in [0.1, 0.15) is 5.82 Å². The van der Waals surface area contributed by atoms with E-state index in [1.807, 2.05) is 36.4 Å². The zero-order valence-electron chi connectivity index (χ0n) is 15.2. The number of anilines is 1. The van der Waals surface area contributed by atoms with E-state index in [1.165, 1.54) is 5.69 Å². The van der Waals surface area contributed by atoms with Crippen LogP contribution in [0.25, 0.3) is 33.7 Å². The van der Waals surface area contributed by atoms with Crippen LogP contribution in [0.15, 0.2) is 53.3 Å². The molecule has 1 aromatic carbocycles. The van der Waals surface area contributed by atoms with Crippen LogP contribution >= 0.6 is 0 Å². The first-order chi connectivity index (χ1) is 13.2. The summed E-state index contributed by atoms with van der Waals surface area (Å²) in [5, 5.41) is 0. The van der Waals surface area contributed by atoms with Crippen molar-refractivity contribution in [3.8, 4) is 22.6 Å². The molecule has 2 aromatic rings. The molecule has 136 valence electrons. The molecule has 0 spiro atoms. The average molecular weight is 359 g/mol. The van der Waals surface area contributed by atoms with Gasteiger partial charge in [0.15, 0.2) is 0 Å². The Morgan fingerprint density at radius 1 is 0.963 bits per heavy atom. The molecule has 0 bridgehead atoms. The minimum absolute atomic E-state index is 0.116. The lowest BCUT2D eigenvalue weighted by Gasteiger charge is -2.34. The van der Waals surface area contributed by atoms with Crippen molar-refractivity contribution in [1.29, 1.82) is 0 Å². The fourth-order valence-corrected chi connectivity index (χ4v) is 3.79. The van der Waals surface area contributed by atoms with Crippen molar-refractivity contribution < 1.29 is 0 Å². The predicted octanol–water partition coefficient (Wildman–Crippen LogP) is 2.77. The maximum absolute atomic E-state index is 12.5. The molecule has 27 heavy (non-hydrogen) atoms. The van der Waals surface area contributed by atoms with Crippen molar-refractivity contribution in [2.24, 2.45) is 0 Å². The van der Waals surface area contributed by atoms with Gasteiger partial charge < -0.3 is 19.8 Å². The Morgan fingerprint density at radius 3 is 2.63 bits per heavy atom. The van der Waals surface area contributed by atoms with Crippen molar-refractivity contribution in [1.82, 2.24) is 19.9 Å². The van der Waals surface area contributed by atoms with Crippen molar-refractivity contribution in [2.45, 2.75) is 0 Å². The Balaban J connectivity index is 1.57. The van der Waals surface area contributed by atoms with Crippen molar-refractivity contribution in [3.05, 3.63) is 58.9 Å². The fourth-order valence-electron chi connectivity index (χ4n) is 3.79. The summed E-state index contributed by atoms with van der Waals surface area (Å²) in [6.07, 6.45) is 0. The minimum atomic E-state index is -0.116.